The number of rotatable bonds is 2. The number of benzene rings is 2. The van der Waals surface area contributed by atoms with Crippen molar-refractivity contribution in [3.8, 4) is 11.4 Å². The Morgan fingerprint density at radius 1 is 0.647 bits per heavy atom. The summed E-state index contributed by atoms with van der Waals surface area (Å²) < 4.78 is 31.1. The molecule has 0 amide bonds. The van der Waals surface area contributed by atoms with Crippen LogP contribution in [0.4, 0.5) is 8.78 Å². The third kappa shape index (κ3) is 4.36. The second kappa shape index (κ2) is 9.44. The van der Waals surface area contributed by atoms with E-state index in [1.807, 2.05) is 6.07 Å². The number of hydrogen-bond acceptors (Lipinski definition) is 4. The monoisotopic (exact) mass is 588 g/mol. The summed E-state index contributed by atoms with van der Waals surface area (Å²) in [6, 6.07) is 15.8. The fourth-order valence-corrected chi connectivity index (χ4v) is 7.56. The Hall–Kier alpha value is -3.42. The van der Waals surface area contributed by atoms with Gasteiger partial charge in [-0.3, -0.25) is 0 Å². The summed E-state index contributed by atoms with van der Waals surface area (Å²) in [7, 11) is 0. The molecule has 0 atom stereocenters. The molecule has 168 valence electrons. The molecule has 0 spiro atoms. The van der Waals surface area contributed by atoms with Crippen molar-refractivity contribution in [1.29, 1.82) is 0 Å². The van der Waals surface area contributed by atoms with Gasteiger partial charge in [0.15, 0.2) is 0 Å². The molecular formula is C24H14F2N4O2Se2. The van der Waals surface area contributed by atoms with E-state index in [1.165, 1.54) is 24.3 Å². The third-order valence-corrected chi connectivity index (χ3v) is 9.46. The van der Waals surface area contributed by atoms with Crippen LogP contribution in [-0.2, 0) is 0 Å². The molecule has 0 aliphatic heterocycles. The van der Waals surface area contributed by atoms with Crippen LogP contribution in [0, 0.1) is 11.6 Å². The van der Waals surface area contributed by atoms with Crippen molar-refractivity contribution in [3.63, 3.8) is 0 Å². The van der Waals surface area contributed by atoms with Crippen molar-refractivity contribution in [2.45, 2.75) is 0 Å². The summed E-state index contributed by atoms with van der Waals surface area (Å²) in [4.78, 5) is 32.1. The summed E-state index contributed by atoms with van der Waals surface area (Å²) in [6.45, 7) is 0. The van der Waals surface area contributed by atoms with Gasteiger partial charge in [-0.15, -0.1) is 0 Å². The van der Waals surface area contributed by atoms with E-state index < -0.39 is 0 Å². The maximum atomic E-state index is 13.1. The molecule has 0 saturated heterocycles. The SMILES string of the molecule is O=c1c2ccc(F)cc2[se]n1-c1cccnc1.O=c1c2ccc(F)cc2[se]n1-c1ccncc1. The number of fused-ring (bicyclic) bond motifs is 2. The molecule has 0 saturated carbocycles. The van der Waals surface area contributed by atoms with Crippen LogP contribution in [0.3, 0.4) is 0 Å². The first-order chi connectivity index (χ1) is 16.5. The van der Waals surface area contributed by atoms with E-state index in [0.29, 0.717) is 10.8 Å². The average molecular weight is 586 g/mol. The Bertz CT molecular complexity index is 1600. The summed E-state index contributed by atoms with van der Waals surface area (Å²) in [6.07, 6.45) is 6.58. The molecule has 6 rings (SSSR count). The second-order valence-electron chi connectivity index (χ2n) is 7.08. The summed E-state index contributed by atoms with van der Waals surface area (Å²) >= 11 is -0.409. The molecule has 0 N–H and O–H groups in total. The molecular weight excluding hydrogens is 572 g/mol. The molecule has 4 heterocycles. The van der Waals surface area contributed by atoms with Gasteiger partial charge in [0, 0.05) is 0 Å². The first-order valence-electron chi connectivity index (χ1n) is 9.95. The Morgan fingerprint density at radius 2 is 1.21 bits per heavy atom. The van der Waals surface area contributed by atoms with Gasteiger partial charge in [0.2, 0.25) is 0 Å². The van der Waals surface area contributed by atoms with Crippen LogP contribution >= 0.6 is 0 Å². The van der Waals surface area contributed by atoms with Crippen molar-refractivity contribution < 1.29 is 8.78 Å². The van der Waals surface area contributed by atoms with Crippen molar-refractivity contribution in [2.24, 2.45) is 0 Å². The van der Waals surface area contributed by atoms with Crippen LogP contribution in [0.25, 0.3) is 30.7 Å². The molecule has 6 nitrogen and oxygen atoms in total. The number of nitrogens with zero attached hydrogens (tertiary/aromatic N) is 4. The van der Waals surface area contributed by atoms with Crippen LogP contribution < -0.4 is 11.1 Å². The number of halogens is 2. The fraction of sp³-hybridized carbons (Fsp3) is 0. The van der Waals surface area contributed by atoms with Crippen molar-refractivity contribution in [1.82, 2.24) is 17.1 Å². The van der Waals surface area contributed by atoms with Crippen LogP contribution in [0.15, 0.2) is 95.0 Å². The molecule has 10 heteroatoms. The van der Waals surface area contributed by atoms with Crippen LogP contribution in [-0.4, -0.2) is 46.6 Å². The predicted octanol–water partition coefficient (Wildman–Crippen LogP) is 3.16. The van der Waals surface area contributed by atoms with E-state index in [9.17, 15) is 18.4 Å². The van der Waals surface area contributed by atoms with E-state index in [2.05, 4.69) is 9.97 Å². The molecule has 4 aromatic heterocycles. The van der Waals surface area contributed by atoms with Gasteiger partial charge in [-0.25, -0.2) is 0 Å². The van der Waals surface area contributed by atoms with Crippen LogP contribution in [0.1, 0.15) is 0 Å². The fourth-order valence-electron chi connectivity index (χ4n) is 3.29. The normalized spacial score (nSPS) is 10.9. The average Bonchev–Trinajstić information content (AvgIpc) is 3.36. The zero-order valence-corrected chi connectivity index (χ0v) is 20.7. The molecule has 0 aliphatic rings. The van der Waals surface area contributed by atoms with Crippen LogP contribution in [0.5, 0.6) is 0 Å². The third-order valence-electron chi connectivity index (χ3n) is 4.87. The summed E-state index contributed by atoms with van der Waals surface area (Å²) in [5.41, 5.74) is 1.43. The van der Waals surface area contributed by atoms with E-state index >= 15 is 0 Å². The van der Waals surface area contributed by atoms with Crippen LogP contribution in [0.2, 0.25) is 0 Å². The predicted molar refractivity (Wildman–Crippen MR) is 128 cm³/mol. The van der Waals surface area contributed by atoms with Gasteiger partial charge in [-0.1, -0.05) is 0 Å². The Labute approximate surface area is 203 Å². The van der Waals surface area contributed by atoms with E-state index in [0.717, 1.165) is 19.9 Å². The van der Waals surface area contributed by atoms with Gasteiger partial charge >= 0.3 is 204 Å². The molecule has 0 aliphatic carbocycles. The quantitative estimate of drug-likeness (QED) is 0.293. The van der Waals surface area contributed by atoms with E-state index in [1.54, 1.807) is 62.2 Å². The standard InChI is InChI=1S/2C12H7FN2OSe/c13-8-1-2-10-11(7-8)17-15(12(10)16)9-3-5-14-6-4-9;13-8-3-4-10-11(6-8)17-15(12(10)16)9-2-1-5-14-7-9/h2*1-7H. The minimum atomic E-state index is -0.300. The molecule has 0 radical (unpaired) electrons. The topological polar surface area (TPSA) is 69.8 Å². The van der Waals surface area contributed by atoms with Crippen molar-refractivity contribution >= 4 is 48.8 Å². The van der Waals surface area contributed by atoms with Gasteiger partial charge in [0.05, 0.1) is 0 Å². The molecule has 2 aromatic carbocycles. The second-order valence-corrected chi connectivity index (χ2v) is 11.2. The number of aromatic nitrogens is 4. The number of pyridine rings is 2. The molecule has 0 fully saturated rings. The Kier molecular flexibility index (Phi) is 6.21. The molecule has 34 heavy (non-hydrogen) atoms. The summed E-state index contributed by atoms with van der Waals surface area (Å²) in [5, 5.41) is 1.19. The molecule has 6 aromatic rings. The van der Waals surface area contributed by atoms with Gasteiger partial charge in [0.1, 0.15) is 0 Å². The summed E-state index contributed by atoms with van der Waals surface area (Å²) in [5.74, 6) is -0.596. The Balaban J connectivity index is 0.000000142. The van der Waals surface area contributed by atoms with Crippen molar-refractivity contribution in [2.75, 3.05) is 0 Å². The first kappa shape index (κ1) is 22.4. The van der Waals surface area contributed by atoms with Crippen molar-refractivity contribution in [3.05, 3.63) is 118 Å². The number of hydrogen-bond donors (Lipinski definition) is 0. The van der Waals surface area contributed by atoms with Gasteiger partial charge in [-0.2, -0.15) is 0 Å². The minimum absolute atomic E-state index is 0.0637. The van der Waals surface area contributed by atoms with Gasteiger partial charge in [-0.05, 0) is 0 Å². The first-order valence-corrected chi connectivity index (χ1v) is 13.2. The van der Waals surface area contributed by atoms with E-state index in [4.69, 9.17) is 0 Å². The maximum absolute atomic E-state index is 13.1. The van der Waals surface area contributed by atoms with Gasteiger partial charge in [0.25, 0.3) is 0 Å². The molecule has 0 bridgehead atoms. The molecule has 0 unspecified atom stereocenters. The van der Waals surface area contributed by atoms with E-state index in [-0.39, 0.29) is 52.2 Å². The zero-order chi connectivity index (χ0) is 23.7. The zero-order valence-electron chi connectivity index (χ0n) is 17.3. The van der Waals surface area contributed by atoms with Gasteiger partial charge < -0.3 is 0 Å². The Morgan fingerprint density at radius 3 is 1.74 bits per heavy atom.